The van der Waals surface area contributed by atoms with E-state index in [0.717, 1.165) is 21.5 Å². The number of carbonyl (C=O) groups is 1. The smallest absolute Gasteiger partial charge is 0.238 e. The van der Waals surface area contributed by atoms with Gasteiger partial charge in [-0.1, -0.05) is 39.8 Å². The second-order valence-corrected chi connectivity index (χ2v) is 10.9. The van der Waals surface area contributed by atoms with E-state index < -0.39 is 10.0 Å². The maximum atomic E-state index is 12.6. The highest BCUT2D eigenvalue weighted by molar-refractivity contribution is 9.10. The zero-order valence-electron chi connectivity index (χ0n) is 19.1. The van der Waals surface area contributed by atoms with Crippen molar-refractivity contribution in [2.75, 3.05) is 17.7 Å². The first-order chi connectivity index (χ1) is 17.2. The molecule has 3 N–H and O–H groups in total. The van der Waals surface area contributed by atoms with E-state index in [2.05, 4.69) is 31.4 Å². The van der Waals surface area contributed by atoms with Gasteiger partial charge >= 0.3 is 0 Å². The van der Waals surface area contributed by atoms with Gasteiger partial charge in [0.25, 0.3) is 0 Å². The molecule has 36 heavy (non-hydrogen) atoms. The van der Waals surface area contributed by atoms with Crippen LogP contribution in [-0.4, -0.2) is 41.4 Å². The molecule has 0 saturated heterocycles. The second-order valence-electron chi connectivity index (χ2n) is 7.48. The van der Waals surface area contributed by atoms with Crippen molar-refractivity contribution in [1.82, 2.24) is 14.8 Å². The van der Waals surface area contributed by atoms with Crippen LogP contribution in [0.25, 0.3) is 17.1 Å². The first kappa shape index (κ1) is 25.9. The van der Waals surface area contributed by atoms with Crippen LogP contribution in [0.3, 0.4) is 0 Å². The zero-order chi connectivity index (χ0) is 25.7. The number of ether oxygens (including phenoxy) is 1. The summed E-state index contributed by atoms with van der Waals surface area (Å²) in [4.78, 5) is 12.6. The number of hydrogen-bond donors (Lipinski definition) is 2. The fraction of sp³-hybridized carbons (Fsp3) is 0.125. The number of nitrogens with zero attached hydrogens (tertiary/aromatic N) is 3. The number of nitrogens with one attached hydrogen (secondary N) is 1. The lowest BCUT2D eigenvalue weighted by atomic mass is 10.2. The number of aromatic nitrogens is 3. The Morgan fingerprint density at radius 2 is 1.69 bits per heavy atom. The molecule has 0 fully saturated rings. The average Bonchev–Trinajstić information content (AvgIpc) is 3.28. The molecule has 0 bridgehead atoms. The van der Waals surface area contributed by atoms with Gasteiger partial charge in [0.15, 0.2) is 11.0 Å². The molecule has 0 atom stereocenters. The Bertz CT molecular complexity index is 1460. The normalized spacial score (nSPS) is 11.3. The van der Waals surface area contributed by atoms with E-state index in [4.69, 9.17) is 9.88 Å². The number of sulfonamides is 1. The number of thioether (sulfide) groups is 1. The third-order valence-corrected chi connectivity index (χ3v) is 7.33. The van der Waals surface area contributed by atoms with Crippen LogP contribution in [0.5, 0.6) is 5.75 Å². The number of rotatable bonds is 9. The minimum Gasteiger partial charge on any atom is -0.494 e. The van der Waals surface area contributed by atoms with Crippen LogP contribution in [0.1, 0.15) is 6.92 Å². The van der Waals surface area contributed by atoms with E-state index in [-0.39, 0.29) is 16.6 Å². The Morgan fingerprint density at radius 3 is 2.31 bits per heavy atom. The molecule has 4 aromatic rings. The SMILES string of the molecule is CCOc1ccc(-n2c(SCC(=O)Nc3ccc(S(N)(=O)=O)cc3)nnc2-c2ccc(Br)cc2)cc1. The Labute approximate surface area is 221 Å². The Kier molecular flexibility index (Phi) is 8.09. The van der Waals surface area contributed by atoms with Crippen molar-refractivity contribution >= 4 is 49.3 Å². The molecular formula is C24H22BrN5O4S2. The maximum absolute atomic E-state index is 12.6. The number of hydrogen-bond acceptors (Lipinski definition) is 7. The molecule has 0 unspecified atom stereocenters. The van der Waals surface area contributed by atoms with E-state index in [1.807, 2.05) is 60.0 Å². The molecule has 1 amide bonds. The summed E-state index contributed by atoms with van der Waals surface area (Å²) in [6.07, 6.45) is 0. The van der Waals surface area contributed by atoms with E-state index in [1.54, 1.807) is 0 Å². The minimum atomic E-state index is -3.80. The Balaban J connectivity index is 1.55. The molecule has 0 radical (unpaired) electrons. The van der Waals surface area contributed by atoms with Crippen LogP contribution < -0.4 is 15.2 Å². The molecule has 0 aliphatic heterocycles. The predicted octanol–water partition coefficient (Wildman–Crippen LogP) is 4.47. The average molecular weight is 589 g/mol. The highest BCUT2D eigenvalue weighted by atomic mass is 79.9. The first-order valence-corrected chi connectivity index (χ1v) is 14.1. The number of anilines is 1. The second kappa shape index (κ2) is 11.2. The van der Waals surface area contributed by atoms with Gasteiger partial charge in [-0.25, -0.2) is 13.6 Å². The van der Waals surface area contributed by atoms with Crippen LogP contribution in [-0.2, 0) is 14.8 Å². The molecule has 9 nitrogen and oxygen atoms in total. The van der Waals surface area contributed by atoms with Gasteiger partial charge in [0.05, 0.1) is 17.3 Å². The number of nitrogens with two attached hydrogens (primary N) is 1. The number of primary sulfonamides is 1. The van der Waals surface area contributed by atoms with Crippen molar-refractivity contribution in [2.24, 2.45) is 5.14 Å². The molecule has 3 aromatic carbocycles. The molecule has 0 aliphatic rings. The monoisotopic (exact) mass is 587 g/mol. The number of halogens is 1. The first-order valence-electron chi connectivity index (χ1n) is 10.7. The summed E-state index contributed by atoms with van der Waals surface area (Å²) in [5.41, 5.74) is 2.14. The fourth-order valence-electron chi connectivity index (χ4n) is 3.30. The molecule has 4 rings (SSSR count). The standard InChI is InChI=1S/C24H22BrN5O4S2/c1-2-34-20-11-9-19(10-12-20)30-23(16-3-5-17(25)6-4-16)28-29-24(30)35-15-22(31)27-18-7-13-21(14-8-18)36(26,32)33/h3-14H,2,15H2,1H3,(H,27,31)(H2,26,32,33). The number of benzene rings is 3. The van der Waals surface area contributed by atoms with Gasteiger partial charge in [0.2, 0.25) is 15.9 Å². The van der Waals surface area contributed by atoms with Gasteiger partial charge in [0.1, 0.15) is 5.75 Å². The molecule has 0 saturated carbocycles. The van der Waals surface area contributed by atoms with Gasteiger partial charge < -0.3 is 10.1 Å². The van der Waals surface area contributed by atoms with Gasteiger partial charge in [-0.05, 0) is 67.6 Å². The topological polar surface area (TPSA) is 129 Å². The van der Waals surface area contributed by atoms with Crippen molar-refractivity contribution in [3.05, 3.63) is 77.3 Å². The Morgan fingerprint density at radius 1 is 1.03 bits per heavy atom. The van der Waals surface area contributed by atoms with Gasteiger partial charge in [-0.2, -0.15) is 0 Å². The van der Waals surface area contributed by atoms with Crippen molar-refractivity contribution < 1.29 is 17.9 Å². The molecule has 0 aliphatic carbocycles. The lowest BCUT2D eigenvalue weighted by molar-refractivity contribution is -0.113. The van der Waals surface area contributed by atoms with Crippen molar-refractivity contribution in [3.63, 3.8) is 0 Å². The van der Waals surface area contributed by atoms with Crippen molar-refractivity contribution in [2.45, 2.75) is 17.0 Å². The van der Waals surface area contributed by atoms with E-state index in [1.165, 1.54) is 36.0 Å². The summed E-state index contributed by atoms with van der Waals surface area (Å²) >= 11 is 4.68. The summed E-state index contributed by atoms with van der Waals surface area (Å²) in [5.74, 6) is 1.16. The molecule has 0 spiro atoms. The van der Waals surface area contributed by atoms with E-state index in [0.29, 0.717) is 23.3 Å². The maximum Gasteiger partial charge on any atom is 0.238 e. The molecule has 186 valence electrons. The van der Waals surface area contributed by atoms with Crippen LogP contribution in [0, 0.1) is 0 Å². The summed E-state index contributed by atoms with van der Waals surface area (Å²) < 4.78 is 31.2. The molecule has 1 aromatic heterocycles. The zero-order valence-corrected chi connectivity index (χ0v) is 22.3. The van der Waals surface area contributed by atoms with Gasteiger partial charge in [0, 0.05) is 21.4 Å². The summed E-state index contributed by atoms with van der Waals surface area (Å²) in [6.45, 7) is 2.49. The van der Waals surface area contributed by atoms with Gasteiger partial charge in [-0.15, -0.1) is 10.2 Å². The van der Waals surface area contributed by atoms with Gasteiger partial charge in [-0.3, -0.25) is 9.36 Å². The summed E-state index contributed by atoms with van der Waals surface area (Å²) in [6, 6.07) is 20.9. The van der Waals surface area contributed by atoms with E-state index >= 15 is 0 Å². The predicted molar refractivity (Wildman–Crippen MR) is 143 cm³/mol. The largest absolute Gasteiger partial charge is 0.494 e. The van der Waals surface area contributed by atoms with Crippen molar-refractivity contribution in [3.8, 4) is 22.8 Å². The van der Waals surface area contributed by atoms with Crippen LogP contribution in [0.2, 0.25) is 0 Å². The summed E-state index contributed by atoms with van der Waals surface area (Å²) in [7, 11) is -3.80. The van der Waals surface area contributed by atoms with Crippen LogP contribution in [0.15, 0.2) is 87.3 Å². The van der Waals surface area contributed by atoms with E-state index in [9.17, 15) is 13.2 Å². The number of carbonyl (C=O) groups excluding carboxylic acids is 1. The Hall–Kier alpha value is -3.19. The highest BCUT2D eigenvalue weighted by Gasteiger charge is 2.18. The lowest BCUT2D eigenvalue weighted by Gasteiger charge is -2.12. The summed E-state index contributed by atoms with van der Waals surface area (Å²) in [5, 5.41) is 17.1. The molecule has 1 heterocycles. The fourth-order valence-corrected chi connectivity index (χ4v) is 4.83. The third kappa shape index (κ3) is 6.32. The van der Waals surface area contributed by atoms with Crippen LogP contribution >= 0.6 is 27.7 Å². The minimum absolute atomic E-state index is 0.0289. The number of amides is 1. The quantitative estimate of drug-likeness (QED) is 0.276. The highest BCUT2D eigenvalue weighted by Crippen LogP contribution is 2.30. The lowest BCUT2D eigenvalue weighted by Crippen LogP contribution is -2.15. The molecular weight excluding hydrogens is 566 g/mol. The van der Waals surface area contributed by atoms with Crippen LogP contribution in [0.4, 0.5) is 5.69 Å². The third-order valence-electron chi connectivity index (χ3n) is 4.94. The molecule has 12 heteroatoms. The van der Waals surface area contributed by atoms with Crippen molar-refractivity contribution in [1.29, 1.82) is 0 Å².